The summed E-state index contributed by atoms with van der Waals surface area (Å²) >= 11 is 0. The molecule has 2 fully saturated rings. The first-order chi connectivity index (χ1) is 12.7. The fraction of sp³-hybridized carbons (Fsp3) is 0.650. The summed E-state index contributed by atoms with van der Waals surface area (Å²) in [6, 6.07) is 9.74. The topological polar surface area (TPSA) is 71.0 Å². The Labute approximate surface area is 155 Å². The van der Waals surface area contributed by atoms with Crippen molar-refractivity contribution < 1.29 is 19.4 Å². The molecule has 6 nitrogen and oxygen atoms in total. The fourth-order valence-electron chi connectivity index (χ4n) is 3.59. The fourth-order valence-corrected chi connectivity index (χ4v) is 3.59. The number of amides is 2. The van der Waals surface area contributed by atoms with Crippen LogP contribution in [0.4, 0.5) is 4.79 Å². The van der Waals surface area contributed by atoms with Crippen molar-refractivity contribution in [1.29, 1.82) is 0 Å². The van der Waals surface area contributed by atoms with Gasteiger partial charge in [-0.05, 0) is 50.7 Å². The minimum Gasteiger partial charge on any atom is -0.492 e. The maximum absolute atomic E-state index is 12.8. The van der Waals surface area contributed by atoms with Gasteiger partial charge in [0, 0.05) is 19.2 Å². The first kappa shape index (κ1) is 19.0. The van der Waals surface area contributed by atoms with E-state index in [1.54, 1.807) is 0 Å². The second-order valence-corrected chi connectivity index (χ2v) is 7.20. The normalized spacial score (nSPS) is 25.7. The van der Waals surface area contributed by atoms with E-state index < -0.39 is 0 Å². The minimum absolute atomic E-state index is 0.0569. The smallest absolute Gasteiger partial charge is 0.317 e. The number of aliphatic hydroxyl groups is 1. The zero-order chi connectivity index (χ0) is 18.2. The predicted molar refractivity (Wildman–Crippen MR) is 99.3 cm³/mol. The Hall–Kier alpha value is -1.79. The third kappa shape index (κ3) is 5.88. The minimum atomic E-state index is -0.217. The van der Waals surface area contributed by atoms with Crippen LogP contribution in [0.5, 0.6) is 5.75 Å². The van der Waals surface area contributed by atoms with Crippen molar-refractivity contribution in [3.63, 3.8) is 0 Å². The Morgan fingerprint density at radius 2 is 1.96 bits per heavy atom. The molecule has 1 atom stereocenters. The van der Waals surface area contributed by atoms with Crippen molar-refractivity contribution >= 4 is 6.03 Å². The van der Waals surface area contributed by atoms with Gasteiger partial charge in [0.2, 0.25) is 0 Å². The quantitative estimate of drug-likeness (QED) is 0.782. The average Bonchev–Trinajstić information content (AvgIpc) is 3.17. The standard InChI is InChI=1S/C20H30N2O4/c23-17-10-8-16(9-11-17)21-20(24)22(15-19-7-4-13-25-19)12-14-26-18-5-2-1-3-6-18/h1-3,5-6,16-17,19,23H,4,7-15H2,(H,21,24)/t16?,17?,19-/m1/s1. The first-order valence-corrected chi connectivity index (χ1v) is 9.73. The van der Waals surface area contributed by atoms with Crippen molar-refractivity contribution in [1.82, 2.24) is 10.2 Å². The third-order valence-electron chi connectivity index (χ3n) is 5.13. The van der Waals surface area contributed by atoms with Crippen LogP contribution in [0.25, 0.3) is 0 Å². The summed E-state index contributed by atoms with van der Waals surface area (Å²) in [5.41, 5.74) is 0. The lowest BCUT2D eigenvalue weighted by Gasteiger charge is -2.31. The highest BCUT2D eigenvalue weighted by Gasteiger charge is 2.26. The lowest BCUT2D eigenvalue weighted by molar-refractivity contribution is 0.0749. The van der Waals surface area contributed by atoms with Crippen LogP contribution in [-0.2, 0) is 4.74 Å². The number of aliphatic hydroxyl groups excluding tert-OH is 1. The molecule has 1 heterocycles. The van der Waals surface area contributed by atoms with E-state index in [-0.39, 0.29) is 24.3 Å². The van der Waals surface area contributed by atoms with Gasteiger partial charge in [-0.2, -0.15) is 0 Å². The Bertz CT molecular complexity index is 540. The van der Waals surface area contributed by atoms with E-state index in [1.165, 1.54) is 0 Å². The summed E-state index contributed by atoms with van der Waals surface area (Å²) in [6.07, 6.45) is 5.14. The number of hydrogen-bond acceptors (Lipinski definition) is 4. The van der Waals surface area contributed by atoms with Gasteiger partial charge in [0.25, 0.3) is 0 Å². The monoisotopic (exact) mass is 362 g/mol. The van der Waals surface area contributed by atoms with Crippen molar-refractivity contribution in [2.75, 3.05) is 26.3 Å². The molecule has 6 heteroatoms. The highest BCUT2D eigenvalue weighted by molar-refractivity contribution is 5.74. The Morgan fingerprint density at radius 1 is 1.19 bits per heavy atom. The molecule has 144 valence electrons. The molecule has 1 aromatic carbocycles. The molecule has 2 amide bonds. The summed E-state index contributed by atoms with van der Waals surface area (Å²) in [4.78, 5) is 14.6. The van der Waals surface area contributed by atoms with E-state index in [4.69, 9.17) is 9.47 Å². The van der Waals surface area contributed by atoms with Gasteiger partial charge in [-0.3, -0.25) is 0 Å². The Balaban J connectivity index is 1.50. The van der Waals surface area contributed by atoms with E-state index in [0.29, 0.717) is 19.7 Å². The Morgan fingerprint density at radius 3 is 2.65 bits per heavy atom. The number of para-hydroxylation sites is 1. The van der Waals surface area contributed by atoms with Crippen molar-refractivity contribution in [3.05, 3.63) is 30.3 Å². The molecule has 3 rings (SSSR count). The maximum atomic E-state index is 12.8. The van der Waals surface area contributed by atoms with Crippen molar-refractivity contribution in [2.45, 2.75) is 56.8 Å². The van der Waals surface area contributed by atoms with E-state index in [2.05, 4.69) is 5.32 Å². The van der Waals surface area contributed by atoms with Crippen molar-refractivity contribution in [2.24, 2.45) is 0 Å². The second-order valence-electron chi connectivity index (χ2n) is 7.20. The molecule has 0 unspecified atom stereocenters. The molecule has 1 saturated heterocycles. The third-order valence-corrected chi connectivity index (χ3v) is 5.13. The molecule has 1 aliphatic carbocycles. The molecule has 1 aromatic rings. The number of carbonyl (C=O) groups is 1. The van der Waals surface area contributed by atoms with Gasteiger partial charge in [-0.15, -0.1) is 0 Å². The summed E-state index contributed by atoms with van der Waals surface area (Å²) < 4.78 is 11.5. The highest BCUT2D eigenvalue weighted by Crippen LogP contribution is 2.19. The van der Waals surface area contributed by atoms with Crippen LogP contribution in [0.1, 0.15) is 38.5 Å². The van der Waals surface area contributed by atoms with Gasteiger partial charge >= 0.3 is 6.03 Å². The van der Waals surface area contributed by atoms with E-state index >= 15 is 0 Å². The largest absolute Gasteiger partial charge is 0.492 e. The number of rotatable bonds is 7. The number of nitrogens with zero attached hydrogens (tertiary/aromatic N) is 1. The molecule has 0 radical (unpaired) electrons. The molecule has 0 spiro atoms. The predicted octanol–water partition coefficient (Wildman–Crippen LogP) is 2.56. The molecule has 1 aliphatic heterocycles. The van der Waals surface area contributed by atoms with Gasteiger partial charge in [-0.1, -0.05) is 18.2 Å². The zero-order valence-corrected chi connectivity index (χ0v) is 15.3. The summed E-state index contributed by atoms with van der Waals surface area (Å²) in [7, 11) is 0. The number of ether oxygens (including phenoxy) is 2. The van der Waals surface area contributed by atoms with Crippen LogP contribution in [-0.4, -0.2) is 60.6 Å². The summed E-state index contributed by atoms with van der Waals surface area (Å²) in [6.45, 7) is 2.35. The van der Waals surface area contributed by atoms with E-state index in [9.17, 15) is 9.90 Å². The van der Waals surface area contributed by atoms with Gasteiger partial charge in [0.15, 0.2) is 0 Å². The molecule has 2 aliphatic rings. The first-order valence-electron chi connectivity index (χ1n) is 9.73. The molecular formula is C20H30N2O4. The maximum Gasteiger partial charge on any atom is 0.317 e. The van der Waals surface area contributed by atoms with Gasteiger partial charge in [0.1, 0.15) is 12.4 Å². The number of benzene rings is 1. The number of hydrogen-bond donors (Lipinski definition) is 2. The van der Waals surface area contributed by atoms with Crippen LogP contribution in [0, 0.1) is 0 Å². The SMILES string of the molecule is O=C(NC1CCC(O)CC1)N(CCOc1ccccc1)C[C@H]1CCCO1. The van der Waals surface area contributed by atoms with Crippen LogP contribution in [0.2, 0.25) is 0 Å². The van der Waals surface area contributed by atoms with Crippen LogP contribution >= 0.6 is 0 Å². The number of nitrogens with one attached hydrogen (secondary N) is 1. The van der Waals surface area contributed by atoms with Gasteiger partial charge < -0.3 is 24.8 Å². The molecule has 2 N–H and O–H groups in total. The van der Waals surface area contributed by atoms with Crippen molar-refractivity contribution in [3.8, 4) is 5.75 Å². The lowest BCUT2D eigenvalue weighted by atomic mass is 9.93. The lowest BCUT2D eigenvalue weighted by Crippen LogP contribution is -2.49. The molecule has 0 bridgehead atoms. The van der Waals surface area contributed by atoms with Gasteiger partial charge in [-0.25, -0.2) is 4.79 Å². The molecular weight excluding hydrogens is 332 g/mol. The summed E-state index contributed by atoms with van der Waals surface area (Å²) in [5.74, 6) is 0.811. The second kappa shape index (κ2) is 9.78. The number of urea groups is 1. The molecule has 26 heavy (non-hydrogen) atoms. The van der Waals surface area contributed by atoms with E-state index in [1.807, 2.05) is 35.2 Å². The zero-order valence-electron chi connectivity index (χ0n) is 15.3. The summed E-state index contributed by atoms with van der Waals surface area (Å²) in [5, 5.41) is 12.8. The average molecular weight is 362 g/mol. The van der Waals surface area contributed by atoms with Crippen LogP contribution in [0.15, 0.2) is 30.3 Å². The van der Waals surface area contributed by atoms with Crippen LogP contribution < -0.4 is 10.1 Å². The van der Waals surface area contributed by atoms with Crippen LogP contribution in [0.3, 0.4) is 0 Å². The molecule has 0 aromatic heterocycles. The molecule has 1 saturated carbocycles. The highest BCUT2D eigenvalue weighted by atomic mass is 16.5. The van der Waals surface area contributed by atoms with Gasteiger partial charge in [0.05, 0.1) is 18.8 Å². The number of carbonyl (C=O) groups excluding carboxylic acids is 1. The van der Waals surface area contributed by atoms with E-state index in [0.717, 1.165) is 50.9 Å². The Kier molecular flexibility index (Phi) is 7.14.